The van der Waals surface area contributed by atoms with Crippen molar-refractivity contribution in [1.82, 2.24) is 0 Å². The first-order chi connectivity index (χ1) is 21.5. The van der Waals surface area contributed by atoms with Gasteiger partial charge in [0.05, 0.1) is 0 Å². The van der Waals surface area contributed by atoms with E-state index in [0.717, 1.165) is 0 Å². The van der Waals surface area contributed by atoms with Crippen LogP contribution in [0, 0.1) is 6.92 Å². The summed E-state index contributed by atoms with van der Waals surface area (Å²) >= 11 is 1.84. The summed E-state index contributed by atoms with van der Waals surface area (Å²) in [6.45, 7) is 7.03. The van der Waals surface area contributed by atoms with Crippen LogP contribution in [0.25, 0.3) is 0 Å². The van der Waals surface area contributed by atoms with Crippen LogP contribution in [-0.4, -0.2) is 6.71 Å². The number of para-hydroxylation sites is 1. The van der Waals surface area contributed by atoms with E-state index in [9.17, 15) is 0 Å². The summed E-state index contributed by atoms with van der Waals surface area (Å²) in [7, 11) is 0. The van der Waals surface area contributed by atoms with E-state index in [-0.39, 0.29) is 12.1 Å². The lowest BCUT2D eigenvalue weighted by atomic mass is 9.33. The van der Waals surface area contributed by atoms with Crippen LogP contribution in [0.5, 0.6) is 0 Å². The Bertz CT molecular complexity index is 2130. The summed E-state index contributed by atoms with van der Waals surface area (Å²) in [6, 6.07) is 50.1. The number of benzene rings is 6. The molecule has 0 amide bonds. The second kappa shape index (κ2) is 9.42. The third-order valence-corrected chi connectivity index (χ3v) is 10.7. The maximum absolute atomic E-state index is 2.52. The molecule has 3 heterocycles. The predicted molar refractivity (Wildman–Crippen MR) is 188 cm³/mol. The van der Waals surface area contributed by atoms with Gasteiger partial charge in [0.25, 0.3) is 6.71 Å². The van der Waals surface area contributed by atoms with Crippen molar-refractivity contribution < 1.29 is 0 Å². The van der Waals surface area contributed by atoms with E-state index >= 15 is 0 Å². The van der Waals surface area contributed by atoms with Crippen molar-refractivity contribution in [2.24, 2.45) is 0 Å². The van der Waals surface area contributed by atoms with Gasteiger partial charge in [0, 0.05) is 49.3 Å². The van der Waals surface area contributed by atoms with Crippen LogP contribution in [-0.2, 0) is 5.41 Å². The Morgan fingerprint density at radius 1 is 0.523 bits per heavy atom. The van der Waals surface area contributed by atoms with Gasteiger partial charge in [-0.2, -0.15) is 0 Å². The topological polar surface area (TPSA) is 6.48 Å². The van der Waals surface area contributed by atoms with Crippen LogP contribution < -0.4 is 26.2 Å². The average molecular weight is 583 g/mol. The predicted octanol–water partition coefficient (Wildman–Crippen LogP) is 8.87. The molecule has 0 radical (unpaired) electrons. The fourth-order valence-corrected chi connectivity index (χ4v) is 8.46. The quantitative estimate of drug-likeness (QED) is 0.179. The van der Waals surface area contributed by atoms with E-state index in [1.807, 2.05) is 11.8 Å². The lowest BCUT2D eigenvalue weighted by Gasteiger charge is -2.44. The molecule has 0 aromatic heterocycles. The van der Waals surface area contributed by atoms with Gasteiger partial charge < -0.3 is 9.80 Å². The molecule has 2 nitrogen and oxygen atoms in total. The van der Waals surface area contributed by atoms with Gasteiger partial charge in [0.15, 0.2) is 0 Å². The first kappa shape index (κ1) is 25.8. The summed E-state index contributed by atoms with van der Waals surface area (Å²) in [5.41, 5.74) is 15.2. The summed E-state index contributed by atoms with van der Waals surface area (Å²) in [6.07, 6.45) is 0. The molecule has 0 saturated heterocycles. The van der Waals surface area contributed by atoms with Gasteiger partial charge in [-0.1, -0.05) is 92.3 Å². The molecule has 44 heavy (non-hydrogen) atoms. The average Bonchev–Trinajstić information content (AvgIpc) is 3.04. The van der Waals surface area contributed by atoms with Gasteiger partial charge in [0.2, 0.25) is 0 Å². The van der Waals surface area contributed by atoms with E-state index < -0.39 is 0 Å². The van der Waals surface area contributed by atoms with Gasteiger partial charge in [-0.05, 0) is 107 Å². The number of fused-ring (bicyclic) bond motifs is 10. The first-order valence-electron chi connectivity index (χ1n) is 15.4. The van der Waals surface area contributed by atoms with Gasteiger partial charge >= 0.3 is 0 Å². The van der Waals surface area contributed by atoms with Crippen molar-refractivity contribution in [1.29, 1.82) is 0 Å². The van der Waals surface area contributed by atoms with Crippen LogP contribution in [0.15, 0.2) is 143 Å². The van der Waals surface area contributed by atoms with E-state index in [4.69, 9.17) is 0 Å². The molecule has 0 spiro atoms. The minimum atomic E-state index is -0.154. The Labute approximate surface area is 264 Å². The largest absolute Gasteiger partial charge is 0.311 e. The van der Waals surface area contributed by atoms with Crippen LogP contribution in [0.3, 0.4) is 0 Å². The maximum atomic E-state index is 2.52. The molecule has 0 unspecified atom stereocenters. The first-order valence-corrected chi connectivity index (χ1v) is 16.2. The molecule has 6 aromatic rings. The zero-order valence-corrected chi connectivity index (χ0v) is 25.9. The highest BCUT2D eigenvalue weighted by atomic mass is 32.2. The number of anilines is 6. The molecule has 3 aliphatic rings. The molecule has 6 bridgehead atoms. The Balaban J connectivity index is 1.37. The molecule has 9 rings (SSSR count). The van der Waals surface area contributed by atoms with Gasteiger partial charge in [-0.25, -0.2) is 0 Å². The van der Waals surface area contributed by atoms with Crippen molar-refractivity contribution in [2.75, 3.05) is 9.80 Å². The zero-order chi connectivity index (χ0) is 29.6. The Kier molecular flexibility index (Phi) is 5.52. The smallest absolute Gasteiger partial charge is 0.252 e. The molecule has 0 fully saturated rings. The Morgan fingerprint density at radius 2 is 1.14 bits per heavy atom. The SMILES string of the molecule is Cc1cccc(N2c3ccccc3B3c4ccc5cc4N(c4cccc(c4)Sc4cccc(c4)C5(C)C)c4cccc2c43)c1. The molecule has 0 aliphatic carbocycles. The van der Waals surface area contributed by atoms with Crippen molar-refractivity contribution >= 4 is 69.0 Å². The van der Waals surface area contributed by atoms with Crippen molar-refractivity contribution in [3.8, 4) is 0 Å². The minimum Gasteiger partial charge on any atom is -0.311 e. The highest BCUT2D eigenvalue weighted by molar-refractivity contribution is 7.99. The zero-order valence-electron chi connectivity index (χ0n) is 25.1. The second-order valence-electron chi connectivity index (χ2n) is 12.7. The molecule has 0 N–H and O–H groups in total. The second-order valence-corrected chi connectivity index (χ2v) is 13.9. The molecular weight excluding hydrogens is 551 g/mol. The molecule has 0 saturated carbocycles. The monoisotopic (exact) mass is 582 g/mol. The van der Waals surface area contributed by atoms with Crippen molar-refractivity contribution in [3.63, 3.8) is 0 Å². The van der Waals surface area contributed by atoms with E-state index in [1.54, 1.807) is 0 Å². The Hall–Kier alpha value is -4.67. The fraction of sp³-hybridized carbons (Fsp3) is 0.100. The van der Waals surface area contributed by atoms with Gasteiger partial charge in [0.1, 0.15) is 0 Å². The number of hydrogen-bond acceptors (Lipinski definition) is 3. The normalized spacial score (nSPS) is 15.1. The summed E-state index contributed by atoms with van der Waals surface area (Å²) < 4.78 is 0. The molecule has 4 heteroatoms. The summed E-state index contributed by atoms with van der Waals surface area (Å²) in [5.74, 6) is 0. The summed E-state index contributed by atoms with van der Waals surface area (Å²) in [4.78, 5) is 7.50. The molecular formula is C40H31BN2S. The highest BCUT2D eigenvalue weighted by Crippen LogP contribution is 2.46. The summed E-state index contributed by atoms with van der Waals surface area (Å²) in [5, 5.41) is 0. The van der Waals surface area contributed by atoms with Crippen LogP contribution in [0.2, 0.25) is 0 Å². The molecule has 210 valence electrons. The maximum Gasteiger partial charge on any atom is 0.252 e. The van der Waals surface area contributed by atoms with Crippen LogP contribution >= 0.6 is 11.8 Å². The number of nitrogens with zero attached hydrogens (tertiary/aromatic N) is 2. The number of hydrogen-bond donors (Lipinski definition) is 0. The molecule has 0 atom stereocenters. The third kappa shape index (κ3) is 3.71. The van der Waals surface area contributed by atoms with Crippen LogP contribution in [0.4, 0.5) is 34.1 Å². The van der Waals surface area contributed by atoms with Crippen molar-refractivity contribution in [2.45, 2.75) is 36.0 Å². The molecule has 3 aliphatic heterocycles. The van der Waals surface area contributed by atoms with E-state index in [2.05, 4.69) is 164 Å². The number of rotatable bonds is 1. The fourth-order valence-electron chi connectivity index (χ4n) is 7.53. The lowest BCUT2D eigenvalue weighted by molar-refractivity contribution is 0.639. The minimum absolute atomic E-state index is 0.135. The highest BCUT2D eigenvalue weighted by Gasteiger charge is 2.43. The standard InChI is InChI=1S/C40H31BN2S/c1-26-10-6-12-29(22-26)42-35-17-5-4-16-33(35)41-34-21-20-28-24-38(34)43(37-19-9-18-36(42)39(37)41)30-13-8-15-32(25-30)44-31-14-7-11-27(23-31)40(28,2)3/h4-25H,1-3H3. The van der Waals surface area contributed by atoms with Gasteiger partial charge in [-0.3, -0.25) is 0 Å². The Morgan fingerprint density at radius 3 is 1.95 bits per heavy atom. The van der Waals surface area contributed by atoms with E-state index in [1.165, 1.54) is 77.0 Å². The van der Waals surface area contributed by atoms with E-state index in [0.29, 0.717) is 0 Å². The van der Waals surface area contributed by atoms with Gasteiger partial charge in [-0.15, -0.1) is 0 Å². The molecule has 6 aromatic carbocycles. The third-order valence-electron chi connectivity index (χ3n) is 9.75. The number of aryl methyl sites for hydroxylation is 1. The van der Waals surface area contributed by atoms with Crippen molar-refractivity contribution in [3.05, 3.63) is 150 Å². The lowest BCUT2D eigenvalue weighted by Crippen LogP contribution is -2.61. The van der Waals surface area contributed by atoms with Crippen LogP contribution in [0.1, 0.15) is 30.5 Å².